The average Bonchev–Trinajstić information content (AvgIpc) is 2.16. The van der Waals surface area contributed by atoms with Crippen LogP contribution in [0.2, 0.25) is 0 Å². The quantitative estimate of drug-likeness (QED) is 0.892. The Hall–Kier alpha value is -1.04. The molecule has 0 atom stereocenters. The first-order valence-electron chi connectivity index (χ1n) is 4.51. The number of alkyl halides is 3. The van der Waals surface area contributed by atoms with Crippen molar-refractivity contribution in [1.29, 1.82) is 0 Å². The fourth-order valence-electron chi connectivity index (χ4n) is 1.21. The van der Waals surface area contributed by atoms with E-state index in [1.807, 2.05) is 0 Å². The van der Waals surface area contributed by atoms with Crippen molar-refractivity contribution >= 4 is 21.8 Å². The first-order valence-corrected chi connectivity index (χ1v) is 5.30. The minimum Gasteiger partial charge on any atom is -0.352 e. The Bertz CT molecular complexity index is 404. The molecule has 0 aliphatic carbocycles. The van der Waals surface area contributed by atoms with Crippen LogP contribution in [0.1, 0.15) is 22.8 Å². The molecule has 0 aromatic heterocycles. The molecule has 88 valence electrons. The van der Waals surface area contributed by atoms with Crippen LogP contribution in [0.15, 0.2) is 22.7 Å². The lowest BCUT2D eigenvalue weighted by molar-refractivity contribution is -0.137. The summed E-state index contributed by atoms with van der Waals surface area (Å²) in [5.74, 6) is -0.726. The SMILES string of the molecule is CCNC(=O)c1cc(Br)ccc1C(F)(F)F. The van der Waals surface area contributed by atoms with E-state index in [4.69, 9.17) is 0 Å². The summed E-state index contributed by atoms with van der Waals surface area (Å²) in [6, 6.07) is 3.30. The maximum absolute atomic E-state index is 12.6. The minimum atomic E-state index is -4.53. The van der Waals surface area contributed by atoms with Gasteiger partial charge in [-0.2, -0.15) is 13.2 Å². The van der Waals surface area contributed by atoms with Gasteiger partial charge in [-0.3, -0.25) is 4.79 Å². The largest absolute Gasteiger partial charge is 0.417 e. The molecule has 0 fully saturated rings. The number of benzene rings is 1. The highest BCUT2D eigenvalue weighted by molar-refractivity contribution is 9.10. The standard InChI is InChI=1S/C10H9BrF3NO/c1-2-15-9(16)7-5-6(11)3-4-8(7)10(12,13)14/h3-5H,2H2,1H3,(H,15,16). The minimum absolute atomic E-state index is 0.280. The van der Waals surface area contributed by atoms with Crippen molar-refractivity contribution < 1.29 is 18.0 Å². The molecule has 1 amide bonds. The molecule has 0 saturated heterocycles. The normalized spacial score (nSPS) is 11.3. The zero-order chi connectivity index (χ0) is 12.3. The first-order chi connectivity index (χ1) is 7.36. The van der Waals surface area contributed by atoms with Crippen LogP contribution in [-0.4, -0.2) is 12.5 Å². The van der Waals surface area contributed by atoms with Gasteiger partial charge in [0.05, 0.1) is 11.1 Å². The molecular weight excluding hydrogens is 287 g/mol. The molecule has 1 aromatic carbocycles. The molecule has 0 bridgehead atoms. The van der Waals surface area contributed by atoms with Crippen molar-refractivity contribution in [1.82, 2.24) is 5.32 Å². The second-order valence-corrected chi connectivity index (χ2v) is 3.96. The summed E-state index contributed by atoms with van der Waals surface area (Å²) in [4.78, 5) is 11.4. The molecule has 2 nitrogen and oxygen atoms in total. The molecule has 1 aromatic rings. The molecule has 0 heterocycles. The van der Waals surface area contributed by atoms with Crippen LogP contribution >= 0.6 is 15.9 Å². The van der Waals surface area contributed by atoms with Crippen molar-refractivity contribution in [2.45, 2.75) is 13.1 Å². The summed E-state index contributed by atoms with van der Waals surface area (Å²) in [5.41, 5.74) is -1.30. The Labute approximate surface area is 99.0 Å². The third kappa shape index (κ3) is 2.98. The number of halogens is 4. The van der Waals surface area contributed by atoms with Crippen LogP contribution in [-0.2, 0) is 6.18 Å². The molecule has 6 heteroatoms. The van der Waals surface area contributed by atoms with Crippen LogP contribution < -0.4 is 5.32 Å². The smallest absolute Gasteiger partial charge is 0.352 e. The lowest BCUT2D eigenvalue weighted by Gasteiger charge is -2.12. The number of amides is 1. The van der Waals surface area contributed by atoms with Crippen LogP contribution in [0.3, 0.4) is 0 Å². The molecule has 0 saturated carbocycles. The van der Waals surface area contributed by atoms with E-state index in [2.05, 4.69) is 21.2 Å². The summed E-state index contributed by atoms with van der Waals surface area (Å²) in [7, 11) is 0. The predicted molar refractivity (Wildman–Crippen MR) is 57.2 cm³/mol. The van der Waals surface area contributed by atoms with E-state index in [1.165, 1.54) is 6.07 Å². The molecule has 0 aliphatic heterocycles. The van der Waals surface area contributed by atoms with Crippen molar-refractivity contribution in [3.8, 4) is 0 Å². The first kappa shape index (κ1) is 13.0. The van der Waals surface area contributed by atoms with Gasteiger partial charge >= 0.3 is 6.18 Å². The predicted octanol–water partition coefficient (Wildman–Crippen LogP) is 3.22. The lowest BCUT2D eigenvalue weighted by atomic mass is 10.1. The molecule has 16 heavy (non-hydrogen) atoms. The third-order valence-electron chi connectivity index (χ3n) is 1.87. The number of carbonyl (C=O) groups is 1. The summed E-state index contributed by atoms with van der Waals surface area (Å²) in [6.45, 7) is 1.92. The zero-order valence-corrected chi connectivity index (χ0v) is 9.95. The molecular formula is C10H9BrF3NO. The molecule has 1 rings (SSSR count). The number of nitrogens with one attached hydrogen (secondary N) is 1. The van der Waals surface area contributed by atoms with Gasteiger partial charge in [0.25, 0.3) is 5.91 Å². The van der Waals surface area contributed by atoms with Gasteiger partial charge in [0.2, 0.25) is 0 Å². The number of hydrogen-bond donors (Lipinski definition) is 1. The van der Waals surface area contributed by atoms with Gasteiger partial charge in [-0.1, -0.05) is 15.9 Å². The highest BCUT2D eigenvalue weighted by Gasteiger charge is 2.35. The van der Waals surface area contributed by atoms with E-state index in [-0.39, 0.29) is 12.1 Å². The second-order valence-electron chi connectivity index (χ2n) is 3.05. The summed E-state index contributed by atoms with van der Waals surface area (Å²) < 4.78 is 38.2. The Morgan fingerprint density at radius 3 is 2.56 bits per heavy atom. The number of carbonyl (C=O) groups excluding carboxylic acids is 1. The maximum atomic E-state index is 12.6. The van der Waals surface area contributed by atoms with Gasteiger partial charge < -0.3 is 5.32 Å². The maximum Gasteiger partial charge on any atom is 0.417 e. The fourth-order valence-corrected chi connectivity index (χ4v) is 1.57. The Balaban J connectivity index is 3.24. The van der Waals surface area contributed by atoms with Crippen LogP contribution in [0.5, 0.6) is 0 Å². The summed E-state index contributed by atoms with van der Waals surface area (Å²) in [6.07, 6.45) is -4.53. The number of hydrogen-bond acceptors (Lipinski definition) is 1. The van der Waals surface area contributed by atoms with Crippen molar-refractivity contribution in [3.63, 3.8) is 0 Å². The van der Waals surface area contributed by atoms with E-state index in [0.717, 1.165) is 12.1 Å². The summed E-state index contributed by atoms with van der Waals surface area (Å²) in [5, 5.41) is 2.34. The molecule has 0 spiro atoms. The molecule has 0 unspecified atom stereocenters. The highest BCUT2D eigenvalue weighted by Crippen LogP contribution is 2.33. The monoisotopic (exact) mass is 295 g/mol. The Morgan fingerprint density at radius 1 is 1.44 bits per heavy atom. The molecule has 0 aliphatic rings. The van der Waals surface area contributed by atoms with Gasteiger partial charge in [-0.15, -0.1) is 0 Å². The third-order valence-corrected chi connectivity index (χ3v) is 2.36. The van der Waals surface area contributed by atoms with Gasteiger partial charge in [0.1, 0.15) is 0 Å². The van der Waals surface area contributed by atoms with Crippen LogP contribution in [0.25, 0.3) is 0 Å². The number of rotatable bonds is 2. The second kappa shape index (κ2) is 4.86. The van der Waals surface area contributed by atoms with E-state index >= 15 is 0 Å². The van der Waals surface area contributed by atoms with E-state index in [9.17, 15) is 18.0 Å². The average molecular weight is 296 g/mol. The van der Waals surface area contributed by atoms with Crippen LogP contribution in [0.4, 0.5) is 13.2 Å². The topological polar surface area (TPSA) is 29.1 Å². The molecule has 0 radical (unpaired) electrons. The Kier molecular flexibility index (Phi) is 3.96. The highest BCUT2D eigenvalue weighted by atomic mass is 79.9. The lowest BCUT2D eigenvalue weighted by Crippen LogP contribution is -2.25. The van der Waals surface area contributed by atoms with E-state index in [0.29, 0.717) is 4.47 Å². The molecule has 1 N–H and O–H groups in total. The van der Waals surface area contributed by atoms with E-state index < -0.39 is 17.6 Å². The van der Waals surface area contributed by atoms with Gasteiger partial charge in [0, 0.05) is 11.0 Å². The van der Waals surface area contributed by atoms with Gasteiger partial charge in [0.15, 0.2) is 0 Å². The Morgan fingerprint density at radius 2 is 2.06 bits per heavy atom. The zero-order valence-electron chi connectivity index (χ0n) is 8.36. The van der Waals surface area contributed by atoms with Gasteiger partial charge in [-0.05, 0) is 25.1 Å². The van der Waals surface area contributed by atoms with Crippen LogP contribution in [0, 0.1) is 0 Å². The van der Waals surface area contributed by atoms with Crippen molar-refractivity contribution in [2.75, 3.05) is 6.54 Å². The van der Waals surface area contributed by atoms with Gasteiger partial charge in [-0.25, -0.2) is 0 Å². The van der Waals surface area contributed by atoms with Crippen molar-refractivity contribution in [3.05, 3.63) is 33.8 Å². The van der Waals surface area contributed by atoms with E-state index in [1.54, 1.807) is 6.92 Å². The summed E-state index contributed by atoms with van der Waals surface area (Å²) >= 11 is 3.04. The fraction of sp³-hybridized carbons (Fsp3) is 0.300. The van der Waals surface area contributed by atoms with Crippen molar-refractivity contribution in [2.24, 2.45) is 0 Å².